The van der Waals surface area contributed by atoms with Crippen molar-refractivity contribution in [3.63, 3.8) is 0 Å². The van der Waals surface area contributed by atoms with Gasteiger partial charge in [0.25, 0.3) is 0 Å². The first kappa shape index (κ1) is 22.9. The van der Waals surface area contributed by atoms with Crippen molar-refractivity contribution in [3.05, 3.63) is 101 Å². The van der Waals surface area contributed by atoms with E-state index in [2.05, 4.69) is 44.7 Å². The lowest BCUT2D eigenvalue weighted by Crippen LogP contribution is -2.22. The van der Waals surface area contributed by atoms with E-state index in [1.54, 1.807) is 4.80 Å². The van der Waals surface area contributed by atoms with E-state index in [-0.39, 0.29) is 5.91 Å². The van der Waals surface area contributed by atoms with E-state index in [0.29, 0.717) is 31.8 Å². The van der Waals surface area contributed by atoms with Crippen molar-refractivity contribution in [2.45, 2.75) is 39.3 Å². The molecule has 0 fully saturated rings. The van der Waals surface area contributed by atoms with Crippen LogP contribution >= 0.6 is 0 Å². The van der Waals surface area contributed by atoms with Crippen LogP contribution in [0.3, 0.4) is 0 Å². The maximum atomic E-state index is 11.6. The molecule has 6 heteroatoms. The first-order valence-corrected chi connectivity index (χ1v) is 11.4. The molecule has 0 aliphatic carbocycles. The van der Waals surface area contributed by atoms with E-state index in [1.165, 1.54) is 5.56 Å². The summed E-state index contributed by atoms with van der Waals surface area (Å²) in [6, 6.07) is 26.2. The van der Waals surface area contributed by atoms with Gasteiger partial charge >= 0.3 is 0 Å². The number of hydrogen-bond donors (Lipinski definition) is 1. The van der Waals surface area contributed by atoms with Gasteiger partial charge in [-0.25, -0.2) is 0 Å². The predicted octanol–water partition coefficient (Wildman–Crippen LogP) is 4.40. The molecule has 0 unspecified atom stereocenters. The Labute approximate surface area is 200 Å². The van der Waals surface area contributed by atoms with E-state index < -0.39 is 0 Å². The summed E-state index contributed by atoms with van der Waals surface area (Å²) in [5.41, 5.74) is 5.13. The topological polar surface area (TPSA) is 72.7 Å². The summed E-state index contributed by atoms with van der Waals surface area (Å²) in [6.07, 6.45) is 2.12. The first-order valence-electron chi connectivity index (χ1n) is 11.4. The molecule has 4 rings (SSSR count). The van der Waals surface area contributed by atoms with Crippen LogP contribution in [0.15, 0.2) is 78.9 Å². The standard InChI is InChI=1S/C28H27N5O/c1-2-8-27(34)29-20-24-15-17-25(18-16-24)21-33-31-28(30-32-33)26-14-7-13-23(19-26)12-6-11-22-9-4-3-5-10-22/h3-5,7,9-10,13-19H,2,8,11,20-21H2,1H3,(H,29,34). The molecule has 34 heavy (non-hydrogen) atoms. The quantitative estimate of drug-likeness (QED) is 0.405. The molecule has 0 bridgehead atoms. The van der Waals surface area contributed by atoms with Gasteiger partial charge in [0.1, 0.15) is 0 Å². The van der Waals surface area contributed by atoms with Gasteiger partial charge in [-0.3, -0.25) is 4.79 Å². The third kappa shape index (κ3) is 6.63. The van der Waals surface area contributed by atoms with Crippen LogP contribution in [-0.4, -0.2) is 26.1 Å². The SMILES string of the molecule is CCCC(=O)NCc1ccc(Cn2nnc(-c3cccc(C#CCc4ccccc4)c3)n2)cc1. The van der Waals surface area contributed by atoms with Crippen LogP contribution in [0.25, 0.3) is 11.4 Å². The lowest BCUT2D eigenvalue weighted by atomic mass is 10.1. The minimum absolute atomic E-state index is 0.0807. The number of carbonyl (C=O) groups is 1. The molecule has 0 aliphatic heterocycles. The Kier molecular flexibility index (Phi) is 7.81. The largest absolute Gasteiger partial charge is 0.352 e. The van der Waals surface area contributed by atoms with Crippen molar-refractivity contribution >= 4 is 5.91 Å². The number of aromatic nitrogens is 4. The van der Waals surface area contributed by atoms with E-state index in [1.807, 2.05) is 73.7 Å². The van der Waals surface area contributed by atoms with Crippen molar-refractivity contribution in [1.82, 2.24) is 25.5 Å². The number of carbonyl (C=O) groups excluding carboxylic acids is 1. The van der Waals surface area contributed by atoms with Crippen molar-refractivity contribution < 1.29 is 4.79 Å². The average Bonchev–Trinajstić information content (AvgIpc) is 3.33. The predicted molar refractivity (Wildman–Crippen MR) is 133 cm³/mol. The smallest absolute Gasteiger partial charge is 0.220 e. The third-order valence-corrected chi connectivity index (χ3v) is 5.26. The zero-order valence-electron chi connectivity index (χ0n) is 19.2. The molecule has 1 aromatic heterocycles. The molecule has 3 aromatic carbocycles. The van der Waals surface area contributed by atoms with Crippen LogP contribution in [0, 0.1) is 11.8 Å². The molecule has 0 aliphatic rings. The highest BCUT2D eigenvalue weighted by Gasteiger charge is 2.07. The fraction of sp³-hybridized carbons (Fsp3) is 0.214. The average molecular weight is 450 g/mol. The second-order valence-corrected chi connectivity index (χ2v) is 8.03. The maximum absolute atomic E-state index is 11.6. The van der Waals surface area contributed by atoms with Crippen molar-refractivity contribution in [1.29, 1.82) is 0 Å². The van der Waals surface area contributed by atoms with Crippen molar-refractivity contribution in [2.24, 2.45) is 0 Å². The lowest BCUT2D eigenvalue weighted by molar-refractivity contribution is -0.121. The fourth-order valence-electron chi connectivity index (χ4n) is 3.45. The molecular formula is C28H27N5O. The lowest BCUT2D eigenvalue weighted by Gasteiger charge is -2.06. The Balaban J connectivity index is 1.36. The van der Waals surface area contributed by atoms with Gasteiger partial charge in [-0.05, 0) is 40.5 Å². The van der Waals surface area contributed by atoms with Crippen LogP contribution < -0.4 is 5.32 Å². The van der Waals surface area contributed by atoms with Gasteiger partial charge in [0.05, 0.1) is 6.54 Å². The minimum atomic E-state index is 0.0807. The highest BCUT2D eigenvalue weighted by Crippen LogP contribution is 2.15. The molecule has 0 spiro atoms. The van der Waals surface area contributed by atoms with Crippen molar-refractivity contribution in [3.8, 4) is 23.2 Å². The van der Waals surface area contributed by atoms with Gasteiger partial charge in [0.2, 0.25) is 11.7 Å². The van der Waals surface area contributed by atoms with Gasteiger partial charge in [-0.1, -0.05) is 85.5 Å². The highest BCUT2D eigenvalue weighted by atomic mass is 16.1. The van der Waals surface area contributed by atoms with Crippen LogP contribution in [0.2, 0.25) is 0 Å². The molecule has 1 N–H and O–H groups in total. The Morgan fingerprint density at radius 2 is 1.74 bits per heavy atom. The molecule has 0 atom stereocenters. The molecule has 0 saturated carbocycles. The van der Waals surface area contributed by atoms with Crippen LogP contribution in [0.1, 0.15) is 42.0 Å². The highest BCUT2D eigenvalue weighted by molar-refractivity contribution is 5.75. The monoisotopic (exact) mass is 449 g/mol. The van der Waals surface area contributed by atoms with Crippen LogP contribution in [0.4, 0.5) is 0 Å². The van der Waals surface area contributed by atoms with Crippen molar-refractivity contribution in [2.75, 3.05) is 0 Å². The molecular weight excluding hydrogens is 422 g/mol. The maximum Gasteiger partial charge on any atom is 0.220 e. The Morgan fingerprint density at radius 3 is 2.53 bits per heavy atom. The molecule has 6 nitrogen and oxygen atoms in total. The summed E-state index contributed by atoms with van der Waals surface area (Å²) in [5, 5.41) is 15.9. The summed E-state index contributed by atoms with van der Waals surface area (Å²) in [6.45, 7) is 3.05. The summed E-state index contributed by atoms with van der Waals surface area (Å²) in [7, 11) is 0. The number of nitrogens with one attached hydrogen (secondary N) is 1. The van der Waals surface area contributed by atoms with E-state index in [4.69, 9.17) is 0 Å². The zero-order chi connectivity index (χ0) is 23.6. The van der Waals surface area contributed by atoms with Gasteiger partial charge in [0, 0.05) is 30.5 Å². The van der Waals surface area contributed by atoms with Gasteiger partial charge < -0.3 is 5.32 Å². The van der Waals surface area contributed by atoms with Gasteiger partial charge in [0.15, 0.2) is 0 Å². The number of rotatable bonds is 8. The Bertz CT molecular complexity index is 1280. The first-order chi connectivity index (χ1) is 16.7. The summed E-state index contributed by atoms with van der Waals surface area (Å²) in [4.78, 5) is 13.2. The number of hydrogen-bond acceptors (Lipinski definition) is 4. The van der Waals surface area contributed by atoms with E-state index >= 15 is 0 Å². The summed E-state index contributed by atoms with van der Waals surface area (Å²) < 4.78 is 0. The number of amides is 1. The minimum Gasteiger partial charge on any atom is -0.352 e. The molecule has 1 heterocycles. The molecule has 170 valence electrons. The molecule has 0 saturated heterocycles. The normalized spacial score (nSPS) is 10.4. The van der Waals surface area contributed by atoms with E-state index in [0.717, 1.165) is 28.7 Å². The summed E-state index contributed by atoms with van der Waals surface area (Å²) in [5.74, 6) is 7.10. The second kappa shape index (κ2) is 11.6. The van der Waals surface area contributed by atoms with Gasteiger partial charge in [-0.15, -0.1) is 10.2 Å². The molecule has 4 aromatic rings. The van der Waals surface area contributed by atoms with Crippen LogP contribution in [0.5, 0.6) is 0 Å². The Hall–Kier alpha value is -4.24. The number of nitrogens with zero attached hydrogens (tertiary/aromatic N) is 4. The summed E-state index contributed by atoms with van der Waals surface area (Å²) >= 11 is 0. The molecule has 0 radical (unpaired) electrons. The molecule has 1 amide bonds. The van der Waals surface area contributed by atoms with E-state index in [9.17, 15) is 4.79 Å². The zero-order valence-corrected chi connectivity index (χ0v) is 19.2. The number of benzene rings is 3. The van der Waals surface area contributed by atoms with Crippen LogP contribution in [-0.2, 0) is 24.3 Å². The third-order valence-electron chi connectivity index (χ3n) is 5.26. The fourth-order valence-corrected chi connectivity index (χ4v) is 3.45. The number of tetrazole rings is 1. The van der Waals surface area contributed by atoms with Gasteiger partial charge in [-0.2, -0.15) is 4.80 Å². The second-order valence-electron chi connectivity index (χ2n) is 8.03. The Morgan fingerprint density at radius 1 is 0.941 bits per heavy atom.